The van der Waals surface area contributed by atoms with E-state index in [1.165, 1.54) is 18.1 Å². The maximum absolute atomic E-state index is 14.9. The number of aliphatic hydroxyl groups is 1. The molecule has 1 fully saturated rings. The minimum absolute atomic E-state index is 0.0266. The molecule has 11 heteroatoms. The zero-order chi connectivity index (χ0) is 25.0. The number of alkyl carbamates (subject to hydrolysis) is 1. The number of hydrogen-bond acceptors (Lipinski definition) is 8. The monoisotopic (exact) mass is 478 g/mol. The lowest BCUT2D eigenvalue weighted by molar-refractivity contribution is -0.136. The molecule has 0 aromatic heterocycles. The van der Waals surface area contributed by atoms with E-state index in [9.17, 15) is 23.9 Å². The van der Waals surface area contributed by atoms with Crippen LogP contribution in [0.25, 0.3) is 0 Å². The van der Waals surface area contributed by atoms with E-state index in [1.807, 2.05) is 4.90 Å². The predicted molar refractivity (Wildman–Crippen MR) is 123 cm³/mol. The number of nitrogens with one attached hydrogen (secondary N) is 2. The molecule has 0 saturated carbocycles. The number of aliphatic hydroxyl groups excluding tert-OH is 1. The molecule has 2 aliphatic heterocycles. The highest BCUT2D eigenvalue weighted by molar-refractivity contribution is 6.09. The second-order valence-corrected chi connectivity index (χ2v) is 9.13. The number of rotatable bonds is 7. The van der Waals surface area contributed by atoms with Crippen molar-refractivity contribution in [2.45, 2.75) is 38.8 Å². The van der Waals surface area contributed by atoms with Gasteiger partial charge in [-0.3, -0.25) is 4.79 Å². The lowest BCUT2D eigenvalue weighted by Crippen LogP contribution is -2.40. The molecule has 0 spiro atoms. The number of carbonyl (C=O) groups excluding carboxylic acids is 3. The fraction of sp³-hybridized carbons (Fsp3) is 0.522. The summed E-state index contributed by atoms with van der Waals surface area (Å²) in [6.07, 6.45) is 0.0967. The number of methoxy groups -OCH3 is 1. The van der Waals surface area contributed by atoms with Crippen LogP contribution in [-0.4, -0.2) is 79.5 Å². The van der Waals surface area contributed by atoms with Crippen LogP contribution in [0, 0.1) is 5.82 Å². The SMILES string of the molecule is COC(=O)C1=C(Nc2c(F)cccc2N2CCC(NC(=O)OC(C)(C)C)C2)C(=O)N(CCO)C1. The van der Waals surface area contributed by atoms with Crippen molar-refractivity contribution in [1.82, 2.24) is 10.2 Å². The zero-order valence-corrected chi connectivity index (χ0v) is 19.8. The minimum Gasteiger partial charge on any atom is -0.466 e. The number of anilines is 2. The molecule has 0 radical (unpaired) electrons. The van der Waals surface area contributed by atoms with Gasteiger partial charge < -0.3 is 35.0 Å². The van der Waals surface area contributed by atoms with Gasteiger partial charge in [0.15, 0.2) is 0 Å². The fourth-order valence-corrected chi connectivity index (χ4v) is 3.95. The van der Waals surface area contributed by atoms with Gasteiger partial charge in [0, 0.05) is 19.6 Å². The van der Waals surface area contributed by atoms with Crippen molar-refractivity contribution in [1.29, 1.82) is 0 Å². The third kappa shape index (κ3) is 5.77. The highest BCUT2D eigenvalue weighted by Gasteiger charge is 2.36. The van der Waals surface area contributed by atoms with Gasteiger partial charge in [-0.25, -0.2) is 14.0 Å². The molecule has 1 aromatic rings. The van der Waals surface area contributed by atoms with Crippen LogP contribution in [0.2, 0.25) is 0 Å². The Morgan fingerprint density at radius 1 is 1.29 bits per heavy atom. The molecule has 2 amide bonds. The molecule has 1 atom stereocenters. The normalized spacial score (nSPS) is 18.4. The van der Waals surface area contributed by atoms with Gasteiger partial charge in [0.25, 0.3) is 5.91 Å². The summed E-state index contributed by atoms with van der Waals surface area (Å²) in [5, 5.41) is 14.9. The van der Waals surface area contributed by atoms with Crippen LogP contribution in [0.15, 0.2) is 29.5 Å². The van der Waals surface area contributed by atoms with E-state index in [0.29, 0.717) is 25.2 Å². The molecule has 10 nitrogen and oxygen atoms in total. The first-order valence-electron chi connectivity index (χ1n) is 11.1. The van der Waals surface area contributed by atoms with Crippen molar-refractivity contribution in [3.63, 3.8) is 0 Å². The van der Waals surface area contributed by atoms with Gasteiger partial charge in [-0.15, -0.1) is 0 Å². The number of amides is 2. The fourth-order valence-electron chi connectivity index (χ4n) is 3.95. The first-order valence-corrected chi connectivity index (χ1v) is 11.1. The van der Waals surface area contributed by atoms with Crippen LogP contribution >= 0.6 is 0 Å². The molecular weight excluding hydrogens is 447 g/mol. The van der Waals surface area contributed by atoms with Crippen molar-refractivity contribution < 1.29 is 33.4 Å². The summed E-state index contributed by atoms with van der Waals surface area (Å²) >= 11 is 0. The number of para-hydroxylation sites is 1. The lowest BCUT2D eigenvalue weighted by Gasteiger charge is -2.24. The van der Waals surface area contributed by atoms with Gasteiger partial charge >= 0.3 is 12.1 Å². The van der Waals surface area contributed by atoms with Crippen LogP contribution in [0.5, 0.6) is 0 Å². The number of benzene rings is 1. The Balaban J connectivity index is 1.82. The maximum atomic E-state index is 14.9. The number of carbonyl (C=O) groups is 3. The number of halogens is 1. The van der Waals surface area contributed by atoms with E-state index in [-0.39, 0.29) is 42.7 Å². The second-order valence-electron chi connectivity index (χ2n) is 9.13. The molecule has 0 aliphatic carbocycles. The summed E-state index contributed by atoms with van der Waals surface area (Å²) in [6.45, 7) is 5.97. The van der Waals surface area contributed by atoms with Crippen molar-refractivity contribution in [2.24, 2.45) is 0 Å². The largest absolute Gasteiger partial charge is 0.466 e. The van der Waals surface area contributed by atoms with Crippen LogP contribution in [0.1, 0.15) is 27.2 Å². The summed E-state index contributed by atoms with van der Waals surface area (Å²) in [4.78, 5) is 40.4. The second kappa shape index (κ2) is 10.3. The summed E-state index contributed by atoms with van der Waals surface area (Å²) in [5.41, 5.74) is -0.130. The van der Waals surface area contributed by atoms with Crippen molar-refractivity contribution in [3.05, 3.63) is 35.3 Å². The number of nitrogens with zero attached hydrogens (tertiary/aromatic N) is 2. The minimum atomic E-state index is -0.711. The van der Waals surface area contributed by atoms with E-state index in [4.69, 9.17) is 9.47 Å². The summed E-state index contributed by atoms with van der Waals surface area (Å²) < 4.78 is 25.0. The highest BCUT2D eigenvalue weighted by atomic mass is 19.1. The third-order valence-corrected chi connectivity index (χ3v) is 5.44. The molecule has 186 valence electrons. The summed E-state index contributed by atoms with van der Waals surface area (Å²) in [5.74, 6) is -1.85. The highest BCUT2D eigenvalue weighted by Crippen LogP contribution is 2.34. The Hall–Kier alpha value is -3.34. The van der Waals surface area contributed by atoms with E-state index in [1.54, 1.807) is 32.9 Å². The molecule has 2 heterocycles. The van der Waals surface area contributed by atoms with Crippen LogP contribution in [0.4, 0.5) is 20.6 Å². The molecule has 1 saturated heterocycles. The van der Waals surface area contributed by atoms with Crippen LogP contribution in [-0.2, 0) is 19.1 Å². The molecular formula is C23H31FN4O6. The van der Waals surface area contributed by atoms with Gasteiger partial charge in [-0.2, -0.15) is 0 Å². The van der Waals surface area contributed by atoms with E-state index in [0.717, 1.165) is 0 Å². The Labute approximate surface area is 197 Å². The first-order chi connectivity index (χ1) is 16.0. The standard InChI is InChI=1S/C23H31FN4O6/c1-23(2,3)34-22(32)25-14-8-9-27(12-14)17-7-5-6-16(24)19(17)26-18-15(21(31)33-4)13-28(10-11-29)20(18)30/h5-7,14,26,29H,8-13H2,1-4H3,(H,25,32). The third-order valence-electron chi connectivity index (χ3n) is 5.44. The van der Waals surface area contributed by atoms with Crippen molar-refractivity contribution in [2.75, 3.05) is 50.1 Å². The van der Waals surface area contributed by atoms with Crippen molar-refractivity contribution in [3.8, 4) is 0 Å². The Bertz CT molecular complexity index is 990. The van der Waals surface area contributed by atoms with Gasteiger partial charge in [0.1, 0.15) is 17.1 Å². The van der Waals surface area contributed by atoms with Gasteiger partial charge in [0.2, 0.25) is 0 Å². The summed E-state index contributed by atoms with van der Waals surface area (Å²) in [7, 11) is 1.20. The number of esters is 1. The van der Waals surface area contributed by atoms with Gasteiger partial charge in [-0.05, 0) is 39.3 Å². The molecule has 1 unspecified atom stereocenters. The molecule has 2 aliphatic rings. The van der Waals surface area contributed by atoms with Gasteiger partial charge in [-0.1, -0.05) is 6.07 Å². The van der Waals surface area contributed by atoms with Crippen molar-refractivity contribution >= 4 is 29.3 Å². The average Bonchev–Trinajstić information content (AvgIpc) is 3.33. The number of hydrogen-bond donors (Lipinski definition) is 3. The Morgan fingerprint density at radius 2 is 2.03 bits per heavy atom. The number of β-amino-alcohol motifs (C(OH)–C–C–N with tert-alkyl or cyclic N) is 1. The lowest BCUT2D eigenvalue weighted by atomic mass is 10.2. The number of ether oxygens (including phenoxy) is 2. The van der Waals surface area contributed by atoms with E-state index in [2.05, 4.69) is 10.6 Å². The first kappa shape index (κ1) is 25.3. The summed E-state index contributed by atoms with van der Waals surface area (Å²) in [6, 6.07) is 4.30. The predicted octanol–water partition coefficient (Wildman–Crippen LogP) is 1.60. The quantitative estimate of drug-likeness (QED) is 0.506. The molecule has 3 N–H and O–H groups in total. The topological polar surface area (TPSA) is 120 Å². The molecule has 3 rings (SSSR count). The Kier molecular flexibility index (Phi) is 7.65. The Morgan fingerprint density at radius 3 is 2.68 bits per heavy atom. The van der Waals surface area contributed by atoms with E-state index < -0.39 is 29.4 Å². The van der Waals surface area contributed by atoms with Crippen LogP contribution < -0.4 is 15.5 Å². The van der Waals surface area contributed by atoms with Gasteiger partial charge in [0.05, 0.1) is 43.3 Å². The zero-order valence-electron chi connectivity index (χ0n) is 19.8. The van der Waals surface area contributed by atoms with E-state index >= 15 is 0 Å². The molecule has 1 aromatic carbocycles. The molecule has 0 bridgehead atoms. The smallest absolute Gasteiger partial charge is 0.407 e. The average molecular weight is 479 g/mol. The maximum Gasteiger partial charge on any atom is 0.407 e. The molecule has 34 heavy (non-hydrogen) atoms. The van der Waals surface area contributed by atoms with Crippen LogP contribution in [0.3, 0.4) is 0 Å².